The number of hydrogen-bond acceptors (Lipinski definition) is 3. The highest BCUT2D eigenvalue weighted by Crippen LogP contribution is 2.71. The molecule has 2 aliphatic carbocycles. The van der Waals surface area contributed by atoms with Crippen molar-refractivity contribution in [2.45, 2.75) is 51.9 Å². The summed E-state index contributed by atoms with van der Waals surface area (Å²) in [5.41, 5.74) is 0.153. The molecule has 2 saturated carbocycles. The molecule has 3 rings (SSSR count). The predicted octanol–water partition coefficient (Wildman–Crippen LogP) is 1.75. The van der Waals surface area contributed by atoms with E-state index in [4.69, 9.17) is 9.47 Å². The van der Waals surface area contributed by atoms with Crippen LogP contribution in [-0.4, -0.2) is 23.8 Å². The standard InChI is InChI=1S/C12H18O3/c1-6(13)14-10-9-7(11(9,2)3)5-8-12(10,4)15-8/h7-10H,5H2,1-4H3/t7-,8-,9-,10-,12-/m1/s1. The second-order valence-electron chi connectivity index (χ2n) is 6.01. The van der Waals surface area contributed by atoms with E-state index >= 15 is 0 Å². The van der Waals surface area contributed by atoms with Crippen molar-refractivity contribution in [3.8, 4) is 0 Å². The molecule has 84 valence electrons. The third-order valence-electron chi connectivity index (χ3n) is 4.77. The maximum atomic E-state index is 11.1. The summed E-state index contributed by atoms with van der Waals surface area (Å²) < 4.78 is 11.2. The Balaban J connectivity index is 1.86. The van der Waals surface area contributed by atoms with Gasteiger partial charge in [-0.15, -0.1) is 0 Å². The Morgan fingerprint density at radius 3 is 2.67 bits per heavy atom. The molecule has 1 heterocycles. The van der Waals surface area contributed by atoms with E-state index < -0.39 is 0 Å². The summed E-state index contributed by atoms with van der Waals surface area (Å²) in [6.45, 7) is 8.11. The first-order valence-corrected chi connectivity index (χ1v) is 5.72. The molecule has 5 atom stereocenters. The molecule has 3 aliphatic rings. The molecule has 0 aromatic rings. The summed E-state index contributed by atoms with van der Waals surface area (Å²) in [6, 6.07) is 0. The zero-order valence-electron chi connectivity index (χ0n) is 9.74. The van der Waals surface area contributed by atoms with Crippen LogP contribution in [-0.2, 0) is 14.3 Å². The highest BCUT2D eigenvalue weighted by atomic mass is 16.6. The lowest BCUT2D eigenvalue weighted by Crippen LogP contribution is -2.39. The summed E-state index contributed by atoms with van der Waals surface area (Å²) in [4.78, 5) is 11.1. The van der Waals surface area contributed by atoms with Gasteiger partial charge in [0, 0.05) is 12.8 Å². The van der Waals surface area contributed by atoms with E-state index in [-0.39, 0.29) is 17.7 Å². The molecule has 3 fully saturated rings. The molecule has 0 N–H and O–H groups in total. The Morgan fingerprint density at radius 1 is 1.40 bits per heavy atom. The fraction of sp³-hybridized carbons (Fsp3) is 0.917. The van der Waals surface area contributed by atoms with E-state index in [1.807, 2.05) is 0 Å². The topological polar surface area (TPSA) is 38.8 Å². The Morgan fingerprint density at radius 2 is 2.07 bits per heavy atom. The largest absolute Gasteiger partial charge is 0.459 e. The Kier molecular flexibility index (Phi) is 1.54. The van der Waals surface area contributed by atoms with Crippen LogP contribution in [0.25, 0.3) is 0 Å². The van der Waals surface area contributed by atoms with Gasteiger partial charge in [-0.3, -0.25) is 4.79 Å². The molecule has 0 aromatic carbocycles. The molecule has 3 heteroatoms. The molecule has 1 saturated heterocycles. The number of hydrogen-bond donors (Lipinski definition) is 0. The van der Waals surface area contributed by atoms with Gasteiger partial charge in [0.25, 0.3) is 0 Å². The monoisotopic (exact) mass is 210 g/mol. The molecule has 0 spiro atoms. The number of carbonyl (C=O) groups excluding carboxylic acids is 1. The number of esters is 1. The molecule has 0 unspecified atom stereocenters. The van der Waals surface area contributed by atoms with Crippen LogP contribution in [0.15, 0.2) is 0 Å². The number of carbonyl (C=O) groups is 1. The van der Waals surface area contributed by atoms with Crippen LogP contribution in [0, 0.1) is 17.3 Å². The van der Waals surface area contributed by atoms with Crippen LogP contribution in [0.5, 0.6) is 0 Å². The maximum Gasteiger partial charge on any atom is 0.303 e. The van der Waals surface area contributed by atoms with E-state index in [2.05, 4.69) is 20.8 Å². The van der Waals surface area contributed by atoms with Gasteiger partial charge in [0.15, 0.2) is 0 Å². The van der Waals surface area contributed by atoms with Gasteiger partial charge in [-0.2, -0.15) is 0 Å². The van der Waals surface area contributed by atoms with Gasteiger partial charge in [-0.1, -0.05) is 13.8 Å². The Hall–Kier alpha value is -0.570. The molecule has 0 aromatic heterocycles. The first-order valence-electron chi connectivity index (χ1n) is 5.72. The van der Waals surface area contributed by atoms with Crippen molar-refractivity contribution in [3.63, 3.8) is 0 Å². The van der Waals surface area contributed by atoms with Gasteiger partial charge in [0.1, 0.15) is 11.7 Å². The summed E-state index contributed by atoms with van der Waals surface area (Å²) in [7, 11) is 0. The van der Waals surface area contributed by atoms with E-state index in [0.717, 1.165) is 6.42 Å². The Bertz CT molecular complexity index is 336. The second kappa shape index (κ2) is 2.40. The summed E-state index contributed by atoms with van der Waals surface area (Å²) in [6.07, 6.45) is 1.45. The molecule has 1 aliphatic heterocycles. The van der Waals surface area contributed by atoms with Crippen molar-refractivity contribution in [1.82, 2.24) is 0 Å². The van der Waals surface area contributed by atoms with Crippen molar-refractivity contribution >= 4 is 5.97 Å². The third kappa shape index (κ3) is 1.07. The van der Waals surface area contributed by atoms with Crippen molar-refractivity contribution in [1.29, 1.82) is 0 Å². The fourth-order valence-corrected chi connectivity index (χ4v) is 3.60. The van der Waals surface area contributed by atoms with Gasteiger partial charge in [-0.25, -0.2) is 0 Å². The van der Waals surface area contributed by atoms with Gasteiger partial charge in [0.05, 0.1) is 6.10 Å². The highest BCUT2D eigenvalue weighted by molar-refractivity contribution is 5.66. The fourth-order valence-electron chi connectivity index (χ4n) is 3.60. The average molecular weight is 210 g/mol. The minimum atomic E-state index is -0.182. The third-order valence-corrected chi connectivity index (χ3v) is 4.77. The first kappa shape index (κ1) is 9.64. The number of ether oxygens (including phenoxy) is 2. The minimum Gasteiger partial charge on any atom is -0.459 e. The van der Waals surface area contributed by atoms with Crippen molar-refractivity contribution in [3.05, 3.63) is 0 Å². The number of epoxide rings is 1. The zero-order chi connectivity index (χ0) is 11.0. The van der Waals surface area contributed by atoms with Crippen LogP contribution in [0.4, 0.5) is 0 Å². The smallest absolute Gasteiger partial charge is 0.303 e. The SMILES string of the molecule is CC(=O)O[C@@H]1[C@H]2[C@@H](C[C@H]3O[C@@]13C)C2(C)C. The highest BCUT2D eigenvalue weighted by Gasteiger charge is 2.77. The predicted molar refractivity (Wildman–Crippen MR) is 54.2 cm³/mol. The molecule has 15 heavy (non-hydrogen) atoms. The average Bonchev–Trinajstić information content (AvgIpc) is 2.88. The lowest BCUT2D eigenvalue weighted by molar-refractivity contribution is -0.152. The van der Waals surface area contributed by atoms with E-state index in [1.165, 1.54) is 6.92 Å². The molecule has 0 bridgehead atoms. The van der Waals surface area contributed by atoms with Crippen molar-refractivity contribution in [2.75, 3.05) is 0 Å². The van der Waals surface area contributed by atoms with Gasteiger partial charge < -0.3 is 9.47 Å². The normalized spacial score (nSPS) is 53.9. The number of rotatable bonds is 1. The zero-order valence-corrected chi connectivity index (χ0v) is 9.74. The molecule has 3 nitrogen and oxygen atoms in total. The van der Waals surface area contributed by atoms with Crippen molar-refractivity contribution in [2.24, 2.45) is 17.3 Å². The van der Waals surface area contributed by atoms with Crippen LogP contribution >= 0.6 is 0 Å². The van der Waals surface area contributed by atoms with Gasteiger partial charge >= 0.3 is 5.97 Å². The molecule has 0 radical (unpaired) electrons. The van der Waals surface area contributed by atoms with E-state index in [1.54, 1.807) is 0 Å². The van der Waals surface area contributed by atoms with Crippen LogP contribution in [0.2, 0.25) is 0 Å². The summed E-state index contributed by atoms with van der Waals surface area (Å²) in [5, 5.41) is 0. The summed E-state index contributed by atoms with van der Waals surface area (Å²) in [5.74, 6) is 1.01. The lowest BCUT2D eigenvalue weighted by atomic mass is 9.87. The maximum absolute atomic E-state index is 11.1. The molecule has 0 amide bonds. The summed E-state index contributed by atoms with van der Waals surface area (Å²) >= 11 is 0. The molecular formula is C12H18O3. The van der Waals surface area contributed by atoms with Crippen LogP contribution in [0.3, 0.4) is 0 Å². The van der Waals surface area contributed by atoms with Gasteiger partial charge in [0.2, 0.25) is 0 Å². The minimum absolute atomic E-state index is 0.0197. The lowest BCUT2D eigenvalue weighted by Gasteiger charge is -2.25. The van der Waals surface area contributed by atoms with Crippen LogP contribution in [0.1, 0.15) is 34.1 Å². The number of fused-ring (bicyclic) bond motifs is 2. The second-order valence-corrected chi connectivity index (χ2v) is 6.01. The quantitative estimate of drug-likeness (QED) is 0.489. The van der Waals surface area contributed by atoms with Gasteiger partial charge in [-0.05, 0) is 24.7 Å². The van der Waals surface area contributed by atoms with Crippen molar-refractivity contribution < 1.29 is 14.3 Å². The van der Waals surface area contributed by atoms with E-state index in [9.17, 15) is 4.79 Å². The molecular weight excluding hydrogens is 192 g/mol. The van der Waals surface area contributed by atoms with Crippen LogP contribution < -0.4 is 0 Å². The Labute approximate surface area is 90.1 Å². The first-order chi connectivity index (χ1) is 6.87. The van der Waals surface area contributed by atoms with E-state index in [0.29, 0.717) is 23.4 Å².